The van der Waals surface area contributed by atoms with Crippen molar-refractivity contribution in [1.29, 1.82) is 0 Å². The summed E-state index contributed by atoms with van der Waals surface area (Å²) in [4.78, 5) is 41.4. The van der Waals surface area contributed by atoms with Crippen LogP contribution in [0.2, 0.25) is 4.34 Å². The van der Waals surface area contributed by atoms with E-state index in [1.807, 2.05) is 11.0 Å². The SMILES string of the molecule is CC(=O)N1CCN(c2ccc(C(=O)N(C)Cc3ccc(Cl)s3)cc2[N+](=O)[O-])CC1. The first kappa shape index (κ1) is 21.1. The third-order valence-corrected chi connectivity index (χ3v) is 6.07. The molecule has 0 unspecified atom stereocenters. The van der Waals surface area contributed by atoms with Gasteiger partial charge in [-0.15, -0.1) is 11.3 Å². The predicted octanol–water partition coefficient (Wildman–Crippen LogP) is 3.25. The quantitative estimate of drug-likeness (QED) is 0.530. The largest absolute Gasteiger partial charge is 0.362 e. The normalized spacial score (nSPS) is 14.0. The summed E-state index contributed by atoms with van der Waals surface area (Å²) in [5, 5.41) is 11.7. The van der Waals surface area contributed by atoms with Crippen molar-refractivity contribution in [2.75, 3.05) is 38.1 Å². The van der Waals surface area contributed by atoms with Gasteiger partial charge >= 0.3 is 0 Å². The lowest BCUT2D eigenvalue weighted by Crippen LogP contribution is -2.48. The predicted molar refractivity (Wildman–Crippen MR) is 113 cm³/mol. The lowest BCUT2D eigenvalue weighted by Gasteiger charge is -2.35. The number of hydrogen-bond donors (Lipinski definition) is 0. The molecule has 1 aromatic heterocycles. The summed E-state index contributed by atoms with van der Waals surface area (Å²) in [5.41, 5.74) is 0.607. The van der Waals surface area contributed by atoms with Gasteiger partial charge in [-0.05, 0) is 24.3 Å². The summed E-state index contributed by atoms with van der Waals surface area (Å²) in [6.07, 6.45) is 0. The van der Waals surface area contributed by atoms with E-state index in [4.69, 9.17) is 11.6 Å². The number of carbonyl (C=O) groups excluding carboxylic acids is 2. The van der Waals surface area contributed by atoms with Crippen LogP contribution in [0.15, 0.2) is 30.3 Å². The van der Waals surface area contributed by atoms with Gasteiger partial charge in [0.15, 0.2) is 0 Å². The highest BCUT2D eigenvalue weighted by atomic mass is 35.5. The Balaban J connectivity index is 1.78. The number of halogens is 1. The molecule has 1 fully saturated rings. The van der Waals surface area contributed by atoms with Crippen LogP contribution in [0.5, 0.6) is 0 Å². The van der Waals surface area contributed by atoms with Crippen molar-refractivity contribution in [3.63, 3.8) is 0 Å². The van der Waals surface area contributed by atoms with Crippen LogP contribution in [-0.4, -0.2) is 59.8 Å². The van der Waals surface area contributed by atoms with Crippen LogP contribution in [0.4, 0.5) is 11.4 Å². The molecule has 2 amide bonds. The van der Waals surface area contributed by atoms with Gasteiger partial charge in [-0.2, -0.15) is 0 Å². The van der Waals surface area contributed by atoms with Crippen molar-refractivity contribution >= 4 is 46.1 Å². The molecule has 0 aliphatic carbocycles. The first-order valence-electron chi connectivity index (χ1n) is 9.05. The molecule has 2 heterocycles. The summed E-state index contributed by atoms with van der Waals surface area (Å²) in [6.45, 7) is 3.93. The molecule has 10 heteroatoms. The van der Waals surface area contributed by atoms with E-state index in [9.17, 15) is 19.7 Å². The maximum Gasteiger partial charge on any atom is 0.293 e. The molecule has 0 bridgehead atoms. The van der Waals surface area contributed by atoms with E-state index in [1.54, 1.807) is 30.1 Å². The molecule has 1 aromatic carbocycles. The Morgan fingerprint density at radius 2 is 1.90 bits per heavy atom. The zero-order valence-corrected chi connectivity index (χ0v) is 17.7. The second-order valence-corrected chi connectivity index (χ2v) is 8.62. The lowest BCUT2D eigenvalue weighted by atomic mass is 10.1. The van der Waals surface area contributed by atoms with Gasteiger partial charge < -0.3 is 14.7 Å². The lowest BCUT2D eigenvalue weighted by molar-refractivity contribution is -0.384. The zero-order chi connectivity index (χ0) is 21.1. The second kappa shape index (κ2) is 8.79. The van der Waals surface area contributed by atoms with E-state index in [1.165, 1.54) is 29.2 Å². The number of benzene rings is 1. The molecule has 0 atom stereocenters. The molecule has 0 N–H and O–H groups in total. The zero-order valence-electron chi connectivity index (χ0n) is 16.1. The monoisotopic (exact) mass is 436 g/mol. The third kappa shape index (κ3) is 4.86. The van der Waals surface area contributed by atoms with Crippen molar-refractivity contribution in [2.24, 2.45) is 0 Å². The minimum Gasteiger partial charge on any atom is -0.362 e. The fourth-order valence-electron chi connectivity index (χ4n) is 3.30. The molecule has 1 saturated heterocycles. The van der Waals surface area contributed by atoms with Gasteiger partial charge in [0.1, 0.15) is 5.69 Å². The Labute approximate surface area is 177 Å². The highest BCUT2D eigenvalue weighted by molar-refractivity contribution is 7.16. The number of nitro groups is 1. The maximum absolute atomic E-state index is 12.8. The maximum atomic E-state index is 12.8. The van der Waals surface area contributed by atoms with Gasteiger partial charge in [-0.3, -0.25) is 19.7 Å². The van der Waals surface area contributed by atoms with E-state index >= 15 is 0 Å². The molecule has 29 heavy (non-hydrogen) atoms. The van der Waals surface area contributed by atoms with Crippen molar-refractivity contribution in [3.05, 3.63) is 55.2 Å². The standard InChI is InChI=1S/C19H21ClN4O4S/c1-13(25)22-7-9-23(10-8-22)16-5-3-14(11-17(16)24(27)28)19(26)21(2)12-15-4-6-18(20)29-15/h3-6,11H,7-10,12H2,1-2H3. The Hall–Kier alpha value is -2.65. The Morgan fingerprint density at radius 1 is 1.21 bits per heavy atom. The van der Waals surface area contributed by atoms with Crippen molar-refractivity contribution < 1.29 is 14.5 Å². The minimum atomic E-state index is -0.470. The second-order valence-electron chi connectivity index (χ2n) is 6.82. The molecule has 1 aliphatic rings. The molecule has 0 spiro atoms. The minimum absolute atomic E-state index is 0.00448. The van der Waals surface area contributed by atoms with Crippen molar-refractivity contribution in [1.82, 2.24) is 9.80 Å². The fourth-order valence-corrected chi connectivity index (χ4v) is 4.44. The van der Waals surface area contributed by atoms with E-state index in [-0.39, 0.29) is 23.1 Å². The number of amides is 2. The molecule has 3 rings (SSSR count). The Kier molecular flexibility index (Phi) is 6.39. The molecule has 0 saturated carbocycles. The smallest absolute Gasteiger partial charge is 0.293 e. The first-order chi connectivity index (χ1) is 13.8. The van der Waals surface area contributed by atoms with Gasteiger partial charge in [0.2, 0.25) is 5.91 Å². The number of carbonyl (C=O) groups is 2. The number of hydrogen-bond acceptors (Lipinski definition) is 6. The summed E-state index contributed by atoms with van der Waals surface area (Å²) in [7, 11) is 1.65. The van der Waals surface area contributed by atoms with Crippen LogP contribution in [0.25, 0.3) is 0 Å². The molecule has 2 aromatic rings. The summed E-state index contributed by atoms with van der Waals surface area (Å²) >= 11 is 7.32. The van der Waals surface area contributed by atoms with Crippen LogP contribution in [0.1, 0.15) is 22.2 Å². The van der Waals surface area contributed by atoms with Crippen LogP contribution in [0, 0.1) is 10.1 Å². The highest BCUT2D eigenvalue weighted by Crippen LogP contribution is 2.31. The number of nitro benzene ring substituents is 1. The van der Waals surface area contributed by atoms with E-state index < -0.39 is 4.92 Å². The topological polar surface area (TPSA) is 87.0 Å². The van der Waals surface area contributed by atoms with E-state index in [0.29, 0.717) is 42.7 Å². The van der Waals surface area contributed by atoms with Crippen molar-refractivity contribution in [3.8, 4) is 0 Å². The van der Waals surface area contributed by atoms with Crippen LogP contribution in [-0.2, 0) is 11.3 Å². The summed E-state index contributed by atoms with van der Waals surface area (Å²) in [6, 6.07) is 8.17. The number of thiophene rings is 1. The molecular weight excluding hydrogens is 416 g/mol. The number of rotatable bonds is 5. The third-order valence-electron chi connectivity index (χ3n) is 4.85. The molecule has 1 aliphatic heterocycles. The van der Waals surface area contributed by atoms with Crippen LogP contribution >= 0.6 is 22.9 Å². The number of nitrogens with zero attached hydrogens (tertiary/aromatic N) is 4. The Morgan fingerprint density at radius 3 is 2.45 bits per heavy atom. The molecule has 0 radical (unpaired) electrons. The summed E-state index contributed by atoms with van der Waals surface area (Å²) < 4.78 is 0.644. The first-order valence-corrected chi connectivity index (χ1v) is 10.2. The molecule has 8 nitrogen and oxygen atoms in total. The van der Waals surface area contributed by atoms with Crippen LogP contribution in [0.3, 0.4) is 0 Å². The van der Waals surface area contributed by atoms with Crippen molar-refractivity contribution in [2.45, 2.75) is 13.5 Å². The summed E-state index contributed by atoms with van der Waals surface area (Å²) in [5.74, 6) is -0.305. The highest BCUT2D eigenvalue weighted by Gasteiger charge is 2.26. The Bertz CT molecular complexity index is 940. The van der Waals surface area contributed by atoms with Gasteiger partial charge in [-0.1, -0.05) is 11.6 Å². The fraction of sp³-hybridized carbons (Fsp3) is 0.368. The van der Waals surface area contributed by atoms with Gasteiger partial charge in [0, 0.05) is 56.7 Å². The van der Waals surface area contributed by atoms with Gasteiger partial charge in [0.25, 0.3) is 11.6 Å². The number of piperazine rings is 1. The molecule has 154 valence electrons. The van der Waals surface area contributed by atoms with E-state index in [2.05, 4.69) is 0 Å². The average molecular weight is 437 g/mol. The van der Waals surface area contributed by atoms with Crippen LogP contribution < -0.4 is 4.90 Å². The average Bonchev–Trinajstić information content (AvgIpc) is 3.11. The van der Waals surface area contributed by atoms with Gasteiger partial charge in [-0.25, -0.2) is 0 Å². The molecular formula is C19H21ClN4O4S. The van der Waals surface area contributed by atoms with E-state index in [0.717, 1.165) is 4.88 Å². The number of anilines is 1. The van der Waals surface area contributed by atoms with Gasteiger partial charge in [0.05, 0.1) is 15.8 Å².